The van der Waals surface area contributed by atoms with Gasteiger partial charge in [0.1, 0.15) is 11.6 Å². The van der Waals surface area contributed by atoms with Crippen molar-refractivity contribution in [3.8, 4) is 5.75 Å². The topological polar surface area (TPSA) is 86.3 Å². The van der Waals surface area contributed by atoms with Crippen LogP contribution in [0.5, 0.6) is 5.75 Å². The molecule has 0 radical (unpaired) electrons. The Morgan fingerprint density at radius 2 is 1.76 bits per heavy atom. The Bertz CT molecular complexity index is 1410. The lowest BCUT2D eigenvalue weighted by molar-refractivity contribution is 0.0655. The zero-order valence-corrected chi connectivity index (χ0v) is 25.2. The Balaban J connectivity index is 1.24. The van der Waals surface area contributed by atoms with Gasteiger partial charge in [0.05, 0.1) is 29.8 Å². The van der Waals surface area contributed by atoms with Crippen LogP contribution in [0, 0.1) is 17.7 Å². The van der Waals surface area contributed by atoms with Gasteiger partial charge in [0.25, 0.3) is 11.8 Å². The van der Waals surface area contributed by atoms with Gasteiger partial charge >= 0.3 is 0 Å². The number of ether oxygens (including phenoxy) is 1. The van der Waals surface area contributed by atoms with Gasteiger partial charge in [-0.05, 0) is 101 Å². The average Bonchev–Trinajstić information content (AvgIpc) is 3.18. The van der Waals surface area contributed by atoms with E-state index in [-0.39, 0.29) is 48.4 Å². The molecule has 8 nitrogen and oxygen atoms in total. The minimum atomic E-state index is -0.418. The van der Waals surface area contributed by atoms with Gasteiger partial charge in [-0.1, -0.05) is 6.07 Å². The van der Waals surface area contributed by atoms with Gasteiger partial charge in [-0.2, -0.15) is 0 Å². The summed E-state index contributed by atoms with van der Waals surface area (Å²) < 4.78 is 19.6. The number of halogens is 1. The summed E-state index contributed by atoms with van der Waals surface area (Å²) in [5, 5.41) is 7.22. The number of anilines is 1. The largest absolute Gasteiger partial charge is 0.497 e. The van der Waals surface area contributed by atoms with E-state index in [1.54, 1.807) is 24.3 Å². The number of carbonyl (C=O) groups excluding carboxylic acids is 2. The van der Waals surface area contributed by atoms with Gasteiger partial charge in [0, 0.05) is 36.9 Å². The molecule has 1 saturated heterocycles. The molecule has 2 N–H and O–H groups in total. The number of hydrogen-bond donors (Lipinski definition) is 2. The van der Waals surface area contributed by atoms with E-state index < -0.39 is 5.82 Å². The zero-order chi connectivity index (χ0) is 29.8. The highest BCUT2D eigenvalue weighted by Crippen LogP contribution is 2.46. The number of carbonyl (C=O) groups is 2. The van der Waals surface area contributed by atoms with Crippen LogP contribution < -0.4 is 15.4 Å². The minimum absolute atomic E-state index is 0.0967. The summed E-state index contributed by atoms with van der Waals surface area (Å²) in [6, 6.07) is 10.7. The molecule has 4 fully saturated rings. The van der Waals surface area contributed by atoms with Crippen molar-refractivity contribution in [1.82, 2.24) is 15.1 Å². The summed E-state index contributed by atoms with van der Waals surface area (Å²) in [6.45, 7) is 9.81. The molecule has 3 saturated carbocycles. The number of imide groups is 1. The predicted octanol–water partition coefficient (Wildman–Crippen LogP) is 5.09. The molecule has 3 aliphatic carbocycles. The van der Waals surface area contributed by atoms with Crippen molar-refractivity contribution in [3.05, 3.63) is 58.9 Å². The second-order valence-electron chi connectivity index (χ2n) is 13.2. The lowest BCUT2D eigenvalue weighted by atomic mass is 9.64. The Kier molecular flexibility index (Phi) is 7.50. The first-order valence-electron chi connectivity index (χ1n) is 15.2. The summed E-state index contributed by atoms with van der Waals surface area (Å²) >= 11 is 0. The molecule has 2 bridgehead atoms. The van der Waals surface area contributed by atoms with Crippen molar-refractivity contribution in [2.75, 3.05) is 25.5 Å². The monoisotopic (exact) mass is 575 g/mol. The molecule has 224 valence electrons. The third-order valence-electron chi connectivity index (χ3n) is 9.81. The molecule has 2 atom stereocenters. The number of guanidine groups is 1. The van der Waals surface area contributed by atoms with Gasteiger partial charge < -0.3 is 20.3 Å². The van der Waals surface area contributed by atoms with Gasteiger partial charge in [0.2, 0.25) is 0 Å². The van der Waals surface area contributed by atoms with Crippen molar-refractivity contribution < 1.29 is 18.7 Å². The molecule has 2 amide bonds. The highest BCUT2D eigenvalue weighted by molar-refractivity contribution is 6.22. The molecular weight excluding hydrogens is 533 g/mol. The van der Waals surface area contributed by atoms with Crippen molar-refractivity contribution in [2.24, 2.45) is 16.8 Å². The number of piperazine rings is 1. The van der Waals surface area contributed by atoms with E-state index >= 15 is 0 Å². The second kappa shape index (κ2) is 11.0. The number of aliphatic imine (C=N–C) groups is 1. The lowest BCUT2D eigenvalue weighted by Crippen LogP contribution is -2.68. The molecule has 0 spiro atoms. The molecule has 7 rings (SSSR count). The highest BCUT2D eigenvalue weighted by Gasteiger charge is 2.42. The van der Waals surface area contributed by atoms with Crippen LogP contribution in [0.25, 0.3) is 0 Å². The normalized spacial score (nSPS) is 28.4. The van der Waals surface area contributed by atoms with Crippen LogP contribution in [-0.4, -0.2) is 71.4 Å². The fraction of sp³-hybridized carbons (Fsp3) is 0.545. The Labute approximate surface area is 247 Å². The smallest absolute Gasteiger partial charge is 0.261 e. The lowest BCUT2D eigenvalue weighted by Gasteiger charge is -2.52. The Morgan fingerprint density at radius 1 is 1.05 bits per heavy atom. The van der Waals surface area contributed by atoms with E-state index in [4.69, 9.17) is 9.73 Å². The van der Waals surface area contributed by atoms with Crippen LogP contribution in [0.15, 0.2) is 41.4 Å². The Morgan fingerprint density at radius 3 is 2.45 bits per heavy atom. The number of nitrogens with one attached hydrogen (secondary N) is 2. The van der Waals surface area contributed by atoms with E-state index in [1.165, 1.54) is 30.9 Å². The molecular formula is C33H42FN5O3. The van der Waals surface area contributed by atoms with Crippen LogP contribution in [-0.2, 0) is 6.42 Å². The molecule has 0 aromatic heterocycles. The zero-order valence-electron chi connectivity index (χ0n) is 25.2. The number of fused-ring (bicyclic) bond motifs is 3. The number of nitrogens with zero attached hydrogens (tertiary/aromatic N) is 3. The van der Waals surface area contributed by atoms with E-state index in [0.29, 0.717) is 22.4 Å². The summed E-state index contributed by atoms with van der Waals surface area (Å²) in [4.78, 5) is 35.6. The van der Waals surface area contributed by atoms with Gasteiger partial charge in [-0.15, -0.1) is 0 Å². The van der Waals surface area contributed by atoms with Crippen LogP contribution in [0.4, 0.5) is 10.1 Å². The summed E-state index contributed by atoms with van der Waals surface area (Å²) in [6.07, 6.45) is 5.15. The molecule has 2 heterocycles. The van der Waals surface area contributed by atoms with E-state index in [0.717, 1.165) is 42.9 Å². The maximum absolute atomic E-state index is 14.5. The van der Waals surface area contributed by atoms with Crippen molar-refractivity contribution in [3.63, 3.8) is 0 Å². The molecule has 2 aromatic carbocycles. The standard InChI is InChI=1S/C33H42FN5O3/c1-19-20(2)39(33(3,4)18-35-19)32(37-25-14-21-12-22(13-21)15-25)36-24-7-9-27-28(16-24)31(41)38(30(27)40)11-10-23-6-8-26(42-5)17-29(23)34/h6-9,16-17,19-22,25,35H,10-15,18H2,1-5H3,(H,36,37)/t19-,20-,21-,22-/m0/s1. The number of amides is 2. The number of hydrogen-bond acceptors (Lipinski definition) is 5. The molecule has 0 unspecified atom stereocenters. The third-order valence-corrected chi connectivity index (χ3v) is 9.81. The van der Waals surface area contributed by atoms with Gasteiger partial charge in [-0.3, -0.25) is 14.5 Å². The third kappa shape index (κ3) is 5.27. The van der Waals surface area contributed by atoms with Crippen molar-refractivity contribution >= 4 is 23.5 Å². The molecule has 9 heteroatoms. The molecule has 2 aliphatic heterocycles. The summed E-state index contributed by atoms with van der Waals surface area (Å²) in [7, 11) is 1.48. The Hall–Kier alpha value is -3.46. The summed E-state index contributed by atoms with van der Waals surface area (Å²) in [5.41, 5.74) is 1.71. The van der Waals surface area contributed by atoms with Gasteiger partial charge in [-0.25, -0.2) is 9.38 Å². The molecule has 42 heavy (non-hydrogen) atoms. The van der Waals surface area contributed by atoms with Crippen LogP contribution in [0.1, 0.15) is 79.7 Å². The van der Waals surface area contributed by atoms with Crippen molar-refractivity contribution in [2.45, 2.75) is 83.5 Å². The van der Waals surface area contributed by atoms with E-state index in [1.807, 2.05) is 6.07 Å². The first-order chi connectivity index (χ1) is 20.0. The summed E-state index contributed by atoms with van der Waals surface area (Å²) in [5.74, 6) is 1.70. The molecule has 5 aliphatic rings. The van der Waals surface area contributed by atoms with Crippen molar-refractivity contribution in [1.29, 1.82) is 0 Å². The SMILES string of the molecule is COc1ccc(CCN2C(=O)c3ccc(NC(=NC4C[C@H]5C[C@H](C4)C5)N4[C@@H](C)[C@H](C)NCC4(C)C)cc3C2=O)c(F)c1. The molecule has 2 aromatic rings. The second-order valence-corrected chi connectivity index (χ2v) is 13.2. The maximum atomic E-state index is 14.5. The fourth-order valence-corrected chi connectivity index (χ4v) is 7.27. The first kappa shape index (κ1) is 28.6. The number of rotatable bonds is 6. The van der Waals surface area contributed by atoms with E-state index in [2.05, 4.69) is 43.2 Å². The average molecular weight is 576 g/mol. The van der Waals surface area contributed by atoms with Crippen LogP contribution in [0.3, 0.4) is 0 Å². The van der Waals surface area contributed by atoms with Crippen LogP contribution in [0.2, 0.25) is 0 Å². The highest BCUT2D eigenvalue weighted by atomic mass is 19.1. The maximum Gasteiger partial charge on any atom is 0.261 e. The van der Waals surface area contributed by atoms with E-state index in [9.17, 15) is 14.0 Å². The predicted molar refractivity (Wildman–Crippen MR) is 162 cm³/mol. The number of methoxy groups -OCH3 is 1. The quantitative estimate of drug-likeness (QED) is 0.284. The minimum Gasteiger partial charge on any atom is -0.497 e. The van der Waals surface area contributed by atoms with Gasteiger partial charge in [0.15, 0.2) is 5.96 Å². The number of benzene rings is 2. The first-order valence-corrected chi connectivity index (χ1v) is 15.2. The fourth-order valence-electron chi connectivity index (χ4n) is 7.27. The van der Waals surface area contributed by atoms with Crippen LogP contribution >= 0.6 is 0 Å².